The number of carbonyl (C=O) groups is 1. The number of rotatable bonds is 6. The maximum absolute atomic E-state index is 11.2. The standard InChI is InChI=1S/C10H19NO4S/c1-5-8(3)10(4,7-16(13,14)15)11-9(12)6-2/h6,8H,2,5,7H2,1,3-4H3,(H,11,12)(H,13,14,15). The average molecular weight is 249 g/mol. The van der Waals surface area contributed by atoms with Crippen molar-refractivity contribution in [3.8, 4) is 0 Å². The van der Waals surface area contributed by atoms with Crippen molar-refractivity contribution in [3.05, 3.63) is 12.7 Å². The van der Waals surface area contributed by atoms with Gasteiger partial charge in [0, 0.05) is 0 Å². The van der Waals surface area contributed by atoms with Crippen molar-refractivity contribution in [2.24, 2.45) is 5.92 Å². The molecule has 5 nitrogen and oxygen atoms in total. The highest BCUT2D eigenvalue weighted by Crippen LogP contribution is 2.22. The second kappa shape index (κ2) is 5.45. The van der Waals surface area contributed by atoms with Gasteiger partial charge in [0.1, 0.15) is 0 Å². The van der Waals surface area contributed by atoms with E-state index >= 15 is 0 Å². The van der Waals surface area contributed by atoms with E-state index in [1.165, 1.54) is 0 Å². The molecule has 94 valence electrons. The van der Waals surface area contributed by atoms with Crippen LogP contribution < -0.4 is 5.32 Å². The molecule has 1 amide bonds. The Morgan fingerprint density at radius 3 is 2.44 bits per heavy atom. The summed E-state index contributed by atoms with van der Waals surface area (Å²) in [5, 5.41) is 2.55. The number of amides is 1. The highest BCUT2D eigenvalue weighted by Gasteiger charge is 2.35. The number of nitrogens with one attached hydrogen (secondary N) is 1. The normalized spacial score (nSPS) is 17.2. The van der Waals surface area contributed by atoms with Gasteiger partial charge in [-0.3, -0.25) is 9.35 Å². The molecule has 2 unspecified atom stereocenters. The second-order valence-corrected chi connectivity index (χ2v) is 5.60. The molecule has 0 rings (SSSR count). The van der Waals surface area contributed by atoms with E-state index < -0.39 is 27.3 Å². The Balaban J connectivity index is 5.03. The van der Waals surface area contributed by atoms with Gasteiger partial charge in [-0.15, -0.1) is 0 Å². The van der Waals surface area contributed by atoms with Crippen molar-refractivity contribution < 1.29 is 17.8 Å². The SMILES string of the molecule is C=CC(=O)NC(C)(CS(=O)(=O)O)C(C)CC. The van der Waals surface area contributed by atoms with E-state index in [4.69, 9.17) is 4.55 Å². The molecule has 0 spiro atoms. The molecule has 16 heavy (non-hydrogen) atoms. The Labute approximate surface area is 96.7 Å². The quantitative estimate of drug-likeness (QED) is 0.543. The molecule has 0 fully saturated rings. The fraction of sp³-hybridized carbons (Fsp3) is 0.700. The summed E-state index contributed by atoms with van der Waals surface area (Å²) < 4.78 is 30.7. The molecule has 0 aliphatic heterocycles. The van der Waals surface area contributed by atoms with Crippen molar-refractivity contribution in [2.75, 3.05) is 5.75 Å². The van der Waals surface area contributed by atoms with Gasteiger partial charge in [-0.2, -0.15) is 8.42 Å². The molecule has 0 aromatic heterocycles. The minimum Gasteiger partial charge on any atom is -0.346 e. The van der Waals surface area contributed by atoms with Crippen LogP contribution in [0.25, 0.3) is 0 Å². The fourth-order valence-electron chi connectivity index (χ4n) is 1.46. The van der Waals surface area contributed by atoms with E-state index in [0.29, 0.717) is 6.42 Å². The molecule has 0 aromatic carbocycles. The lowest BCUT2D eigenvalue weighted by Gasteiger charge is -2.34. The van der Waals surface area contributed by atoms with Crippen LogP contribution in [0.3, 0.4) is 0 Å². The summed E-state index contributed by atoms with van der Waals surface area (Å²) in [7, 11) is -4.14. The van der Waals surface area contributed by atoms with E-state index in [1.54, 1.807) is 6.92 Å². The Hall–Kier alpha value is -0.880. The van der Waals surface area contributed by atoms with Crippen molar-refractivity contribution in [1.29, 1.82) is 0 Å². The molecular formula is C10H19NO4S. The predicted molar refractivity (Wildman–Crippen MR) is 62.6 cm³/mol. The maximum Gasteiger partial charge on any atom is 0.267 e. The molecule has 0 saturated carbocycles. The zero-order valence-electron chi connectivity index (χ0n) is 9.86. The zero-order chi connectivity index (χ0) is 13.0. The Morgan fingerprint density at radius 2 is 2.12 bits per heavy atom. The largest absolute Gasteiger partial charge is 0.346 e. The van der Waals surface area contributed by atoms with Crippen LogP contribution in [0.2, 0.25) is 0 Å². The minimum atomic E-state index is -4.14. The summed E-state index contributed by atoms with van der Waals surface area (Å²) in [5.41, 5.74) is -0.992. The molecular weight excluding hydrogens is 230 g/mol. The van der Waals surface area contributed by atoms with E-state index in [0.717, 1.165) is 6.08 Å². The Morgan fingerprint density at radius 1 is 1.62 bits per heavy atom. The number of carbonyl (C=O) groups excluding carboxylic acids is 1. The van der Waals surface area contributed by atoms with E-state index in [9.17, 15) is 13.2 Å². The van der Waals surface area contributed by atoms with Crippen molar-refractivity contribution in [2.45, 2.75) is 32.7 Å². The highest BCUT2D eigenvalue weighted by atomic mass is 32.2. The molecule has 0 aliphatic rings. The topological polar surface area (TPSA) is 83.5 Å². The summed E-state index contributed by atoms with van der Waals surface area (Å²) in [6.07, 6.45) is 1.76. The molecule has 0 radical (unpaired) electrons. The highest BCUT2D eigenvalue weighted by molar-refractivity contribution is 7.85. The summed E-state index contributed by atoms with van der Waals surface area (Å²) >= 11 is 0. The van der Waals surface area contributed by atoms with Crippen LogP contribution in [0.1, 0.15) is 27.2 Å². The zero-order valence-corrected chi connectivity index (χ0v) is 10.7. The first kappa shape index (κ1) is 15.1. The summed E-state index contributed by atoms with van der Waals surface area (Å²) in [6.45, 7) is 8.59. The third-order valence-electron chi connectivity index (χ3n) is 2.78. The fourth-order valence-corrected chi connectivity index (χ4v) is 2.58. The lowest BCUT2D eigenvalue weighted by Crippen LogP contribution is -2.54. The van der Waals surface area contributed by atoms with Gasteiger partial charge < -0.3 is 5.32 Å². The lowest BCUT2D eigenvalue weighted by atomic mass is 9.86. The Bertz CT molecular complexity index is 363. The van der Waals surface area contributed by atoms with Gasteiger partial charge in [0.05, 0.1) is 11.3 Å². The van der Waals surface area contributed by atoms with Crippen LogP contribution >= 0.6 is 0 Å². The maximum atomic E-state index is 11.2. The van der Waals surface area contributed by atoms with Crippen LogP contribution in [0, 0.1) is 5.92 Å². The van der Waals surface area contributed by atoms with E-state index in [2.05, 4.69) is 11.9 Å². The molecule has 2 atom stereocenters. The monoisotopic (exact) mass is 249 g/mol. The smallest absolute Gasteiger partial charge is 0.267 e. The van der Waals surface area contributed by atoms with Gasteiger partial charge in [-0.05, 0) is 18.9 Å². The molecule has 0 heterocycles. The van der Waals surface area contributed by atoms with Gasteiger partial charge in [0.25, 0.3) is 10.1 Å². The van der Waals surface area contributed by atoms with Gasteiger partial charge in [0.2, 0.25) is 5.91 Å². The van der Waals surface area contributed by atoms with Crippen LogP contribution in [0.5, 0.6) is 0 Å². The second-order valence-electron chi connectivity index (χ2n) is 4.15. The minimum absolute atomic E-state index is 0.0849. The molecule has 6 heteroatoms. The molecule has 0 saturated heterocycles. The van der Waals surface area contributed by atoms with Crippen LogP contribution in [-0.4, -0.2) is 30.2 Å². The van der Waals surface area contributed by atoms with Crippen molar-refractivity contribution in [3.63, 3.8) is 0 Å². The van der Waals surface area contributed by atoms with Crippen molar-refractivity contribution in [1.82, 2.24) is 5.32 Å². The lowest BCUT2D eigenvalue weighted by molar-refractivity contribution is -0.118. The van der Waals surface area contributed by atoms with Gasteiger partial charge in [0.15, 0.2) is 0 Å². The summed E-state index contributed by atoms with van der Waals surface area (Å²) in [4.78, 5) is 11.2. The summed E-state index contributed by atoms with van der Waals surface area (Å²) in [6, 6.07) is 0. The van der Waals surface area contributed by atoms with Gasteiger partial charge >= 0.3 is 0 Å². The third kappa shape index (κ3) is 4.76. The molecule has 0 bridgehead atoms. The first-order valence-electron chi connectivity index (χ1n) is 5.04. The van der Waals surface area contributed by atoms with Crippen molar-refractivity contribution >= 4 is 16.0 Å². The van der Waals surface area contributed by atoms with Gasteiger partial charge in [-0.1, -0.05) is 26.8 Å². The van der Waals surface area contributed by atoms with Crippen LogP contribution in [-0.2, 0) is 14.9 Å². The average Bonchev–Trinajstić information content (AvgIpc) is 2.13. The predicted octanol–water partition coefficient (Wildman–Crippen LogP) is 0.981. The first-order chi connectivity index (χ1) is 7.14. The molecule has 0 aliphatic carbocycles. The van der Waals surface area contributed by atoms with E-state index in [1.807, 2.05) is 13.8 Å². The molecule has 2 N–H and O–H groups in total. The first-order valence-corrected chi connectivity index (χ1v) is 6.65. The Kier molecular flexibility index (Phi) is 5.15. The number of hydrogen-bond acceptors (Lipinski definition) is 3. The van der Waals surface area contributed by atoms with Crippen LogP contribution in [0.4, 0.5) is 0 Å². The summed E-state index contributed by atoms with van der Waals surface area (Å²) in [5.74, 6) is -1.04. The number of hydrogen-bond donors (Lipinski definition) is 2. The molecule has 0 aromatic rings. The van der Waals surface area contributed by atoms with Gasteiger partial charge in [-0.25, -0.2) is 0 Å². The van der Waals surface area contributed by atoms with Crippen LogP contribution in [0.15, 0.2) is 12.7 Å². The van der Waals surface area contributed by atoms with E-state index in [-0.39, 0.29) is 5.92 Å². The third-order valence-corrected chi connectivity index (χ3v) is 3.74.